The van der Waals surface area contributed by atoms with Crippen LogP contribution in [0, 0.1) is 0 Å². The first-order valence-corrected chi connectivity index (χ1v) is 10.9. The normalized spacial score (nSPS) is 15.0. The number of aromatic hydroxyl groups is 1. The van der Waals surface area contributed by atoms with Crippen LogP contribution in [0.1, 0.15) is 25.0 Å². The molecule has 0 amide bonds. The number of nitrogens with one attached hydrogen (secondary N) is 1. The highest BCUT2D eigenvalue weighted by Gasteiger charge is 2.21. The summed E-state index contributed by atoms with van der Waals surface area (Å²) in [6.45, 7) is 11.8. The van der Waals surface area contributed by atoms with Gasteiger partial charge in [0.2, 0.25) is 0 Å². The first kappa shape index (κ1) is 22.0. The number of phenols is 1. The van der Waals surface area contributed by atoms with Crippen molar-refractivity contribution in [3.8, 4) is 5.75 Å². The van der Waals surface area contributed by atoms with Crippen molar-refractivity contribution in [2.75, 3.05) is 51.2 Å². The summed E-state index contributed by atoms with van der Waals surface area (Å²) in [5.74, 6) is 1.28. The van der Waals surface area contributed by atoms with E-state index in [1.165, 1.54) is 11.1 Å². The van der Waals surface area contributed by atoms with E-state index in [-0.39, 0.29) is 0 Å². The number of benzene rings is 2. The highest BCUT2D eigenvalue weighted by Crippen LogP contribution is 2.27. The Morgan fingerprint density at radius 3 is 2.20 bits per heavy atom. The van der Waals surface area contributed by atoms with Crippen LogP contribution in [0.15, 0.2) is 53.5 Å². The van der Waals surface area contributed by atoms with Crippen LogP contribution in [0.4, 0.5) is 5.69 Å². The molecule has 0 unspecified atom stereocenters. The average molecular weight is 410 g/mol. The fourth-order valence-corrected chi connectivity index (χ4v) is 3.87. The number of piperazine rings is 1. The Bertz CT molecular complexity index is 809. The summed E-state index contributed by atoms with van der Waals surface area (Å²) in [4.78, 5) is 11.4. The number of rotatable bonds is 7. The van der Waals surface area contributed by atoms with Crippen molar-refractivity contribution in [3.63, 3.8) is 0 Å². The summed E-state index contributed by atoms with van der Waals surface area (Å²) in [7, 11) is 1.84. The number of phenolic OH excluding ortho intramolecular Hbond substituents is 1. The summed E-state index contributed by atoms with van der Waals surface area (Å²) in [6, 6.07) is 16.4. The third-order valence-corrected chi connectivity index (χ3v) is 5.79. The summed E-state index contributed by atoms with van der Waals surface area (Å²) >= 11 is 0. The third-order valence-electron chi connectivity index (χ3n) is 5.79. The highest BCUT2D eigenvalue weighted by atomic mass is 16.3. The number of hydrogen-bond donors (Lipinski definition) is 2. The predicted octanol–water partition coefficient (Wildman–Crippen LogP) is 3.13. The van der Waals surface area contributed by atoms with Crippen LogP contribution in [0.2, 0.25) is 0 Å². The number of hydrogen-bond acceptors (Lipinski definition) is 4. The lowest BCUT2D eigenvalue weighted by atomic mass is 10.1. The van der Waals surface area contributed by atoms with Crippen molar-refractivity contribution in [1.29, 1.82) is 0 Å². The predicted molar refractivity (Wildman–Crippen MR) is 125 cm³/mol. The van der Waals surface area contributed by atoms with E-state index in [1.54, 1.807) is 6.07 Å². The van der Waals surface area contributed by atoms with Gasteiger partial charge in [0.05, 0.1) is 5.69 Å². The Kier molecular flexibility index (Phi) is 7.97. The second-order valence-electron chi connectivity index (χ2n) is 7.64. The molecule has 0 atom stereocenters. The minimum atomic E-state index is 0.345. The topological polar surface area (TPSA) is 54.3 Å². The minimum Gasteiger partial charge on any atom is -0.506 e. The molecule has 0 spiro atoms. The Morgan fingerprint density at radius 2 is 1.60 bits per heavy atom. The molecule has 6 nitrogen and oxygen atoms in total. The van der Waals surface area contributed by atoms with Gasteiger partial charge >= 0.3 is 0 Å². The average Bonchev–Trinajstić information content (AvgIpc) is 2.79. The van der Waals surface area contributed by atoms with Gasteiger partial charge in [-0.2, -0.15) is 0 Å². The molecule has 2 aromatic carbocycles. The van der Waals surface area contributed by atoms with Crippen LogP contribution in [-0.4, -0.2) is 67.2 Å². The third kappa shape index (κ3) is 5.66. The van der Waals surface area contributed by atoms with Crippen LogP contribution in [0.25, 0.3) is 0 Å². The van der Waals surface area contributed by atoms with Gasteiger partial charge in [0.25, 0.3) is 0 Å². The molecule has 3 rings (SSSR count). The van der Waals surface area contributed by atoms with Gasteiger partial charge in [0.1, 0.15) is 5.75 Å². The molecule has 2 N–H and O–H groups in total. The van der Waals surface area contributed by atoms with Crippen LogP contribution >= 0.6 is 0 Å². The molecule has 0 radical (unpaired) electrons. The lowest BCUT2D eigenvalue weighted by Crippen LogP contribution is -2.52. The largest absolute Gasteiger partial charge is 0.506 e. The molecule has 0 aromatic heterocycles. The molecule has 2 aromatic rings. The second kappa shape index (κ2) is 10.9. The van der Waals surface area contributed by atoms with Gasteiger partial charge in [0, 0.05) is 46.3 Å². The quantitative estimate of drug-likeness (QED) is 0.544. The maximum absolute atomic E-state index is 10.1. The fourth-order valence-electron chi connectivity index (χ4n) is 3.87. The molecule has 6 heteroatoms. The van der Waals surface area contributed by atoms with E-state index in [2.05, 4.69) is 63.1 Å². The molecule has 1 saturated heterocycles. The van der Waals surface area contributed by atoms with E-state index >= 15 is 0 Å². The van der Waals surface area contributed by atoms with E-state index in [9.17, 15) is 5.11 Å². The molecule has 1 aliphatic heterocycles. The monoisotopic (exact) mass is 409 g/mol. The Hall–Kier alpha value is -2.73. The van der Waals surface area contributed by atoms with Crippen molar-refractivity contribution < 1.29 is 5.11 Å². The van der Waals surface area contributed by atoms with E-state index in [0.717, 1.165) is 64.0 Å². The molecule has 1 heterocycles. The van der Waals surface area contributed by atoms with Gasteiger partial charge < -0.3 is 20.2 Å². The molecular formula is C24H35N5O. The van der Waals surface area contributed by atoms with Gasteiger partial charge in [-0.05, 0) is 36.3 Å². The fraction of sp³-hybridized carbons (Fsp3) is 0.458. The molecular weight excluding hydrogens is 374 g/mol. The van der Waals surface area contributed by atoms with Gasteiger partial charge in [-0.25, -0.2) is 0 Å². The minimum absolute atomic E-state index is 0.345. The van der Waals surface area contributed by atoms with Crippen molar-refractivity contribution in [1.82, 2.24) is 15.1 Å². The number of aliphatic imine (C=N–C) groups is 1. The summed E-state index contributed by atoms with van der Waals surface area (Å²) < 4.78 is 0. The summed E-state index contributed by atoms with van der Waals surface area (Å²) in [6.07, 6.45) is 0. The zero-order chi connectivity index (χ0) is 21.3. The molecule has 1 aliphatic rings. The highest BCUT2D eigenvalue weighted by molar-refractivity contribution is 5.80. The molecule has 0 aliphatic carbocycles. The van der Waals surface area contributed by atoms with Crippen LogP contribution in [0.3, 0.4) is 0 Å². The standard InChI is InChI=1S/C24H35N5O/c1-4-27(5-2)19-21-12-10-20(11-13-21)18-26-24(25-3)29-16-14-28(15-17-29)22-8-6-7-9-23(22)30/h6-13,30H,4-5,14-19H2,1-3H3,(H,25,26). The van der Waals surface area contributed by atoms with E-state index < -0.39 is 0 Å². The molecule has 162 valence electrons. The number of guanidine groups is 1. The van der Waals surface area contributed by atoms with Gasteiger partial charge in [0.15, 0.2) is 5.96 Å². The lowest BCUT2D eigenvalue weighted by molar-refractivity contribution is 0.296. The smallest absolute Gasteiger partial charge is 0.194 e. The lowest BCUT2D eigenvalue weighted by Gasteiger charge is -2.37. The van der Waals surface area contributed by atoms with Gasteiger partial charge in [-0.15, -0.1) is 0 Å². The van der Waals surface area contributed by atoms with Crippen molar-refractivity contribution in [3.05, 3.63) is 59.7 Å². The second-order valence-corrected chi connectivity index (χ2v) is 7.64. The van der Waals surface area contributed by atoms with Crippen molar-refractivity contribution in [2.24, 2.45) is 4.99 Å². The Labute approximate surface area is 180 Å². The summed E-state index contributed by atoms with van der Waals surface area (Å²) in [5.41, 5.74) is 3.52. The van der Waals surface area contributed by atoms with Crippen molar-refractivity contribution >= 4 is 11.6 Å². The van der Waals surface area contributed by atoms with Crippen LogP contribution in [0.5, 0.6) is 5.75 Å². The summed E-state index contributed by atoms with van der Waals surface area (Å²) in [5, 5.41) is 13.6. The molecule has 0 bridgehead atoms. The SMILES string of the molecule is CCN(CC)Cc1ccc(CNC(=NC)N2CCN(c3ccccc3O)CC2)cc1. The van der Waals surface area contributed by atoms with Crippen molar-refractivity contribution in [2.45, 2.75) is 26.9 Å². The number of nitrogens with zero attached hydrogens (tertiary/aromatic N) is 4. The van der Waals surface area contributed by atoms with Crippen LogP contribution in [-0.2, 0) is 13.1 Å². The van der Waals surface area contributed by atoms with Gasteiger partial charge in [-0.3, -0.25) is 9.89 Å². The number of anilines is 1. The Balaban J connectivity index is 1.50. The molecule has 0 saturated carbocycles. The van der Waals surface area contributed by atoms with E-state index in [4.69, 9.17) is 0 Å². The maximum Gasteiger partial charge on any atom is 0.194 e. The zero-order valence-corrected chi connectivity index (χ0v) is 18.5. The van der Waals surface area contributed by atoms with Crippen LogP contribution < -0.4 is 10.2 Å². The maximum atomic E-state index is 10.1. The first-order chi connectivity index (χ1) is 14.6. The van der Waals surface area contributed by atoms with Gasteiger partial charge in [-0.1, -0.05) is 50.2 Å². The van der Waals surface area contributed by atoms with E-state index in [0.29, 0.717) is 5.75 Å². The van der Waals surface area contributed by atoms with E-state index in [1.807, 2.05) is 25.2 Å². The number of para-hydroxylation sites is 2. The zero-order valence-electron chi connectivity index (χ0n) is 18.5. The first-order valence-electron chi connectivity index (χ1n) is 10.9. The molecule has 1 fully saturated rings. The Morgan fingerprint density at radius 1 is 0.967 bits per heavy atom. The molecule has 30 heavy (non-hydrogen) atoms.